The Morgan fingerprint density at radius 1 is 1.17 bits per heavy atom. The van der Waals surface area contributed by atoms with E-state index < -0.39 is 0 Å². The summed E-state index contributed by atoms with van der Waals surface area (Å²) in [5.74, 6) is 0.697. The fourth-order valence-corrected chi connectivity index (χ4v) is 4.97. The van der Waals surface area contributed by atoms with Gasteiger partial charge in [-0.15, -0.1) is 0 Å². The van der Waals surface area contributed by atoms with Crippen LogP contribution >= 0.6 is 0 Å². The SMILES string of the molecule is Cc1nn(C)cc1CN1C[C@@H](c2ccccc2)C2(CCCC2)C1. The standard InChI is InChI=1S/C20H27N3/c1-16-18(12-22(2)21-16)13-23-14-19(17-8-4-3-5-9-17)20(15-23)10-6-7-11-20/h3-5,8-9,12,19H,6-7,10-11,13-15H2,1-2H3/t19-/m0/s1. The minimum atomic E-state index is 0.511. The van der Waals surface area contributed by atoms with Crippen molar-refractivity contribution < 1.29 is 0 Å². The molecule has 2 heterocycles. The molecule has 2 aromatic rings. The Morgan fingerprint density at radius 2 is 1.91 bits per heavy atom. The van der Waals surface area contributed by atoms with E-state index in [1.807, 2.05) is 11.7 Å². The second-order valence-electron chi connectivity index (χ2n) is 7.62. The van der Waals surface area contributed by atoms with Crippen molar-refractivity contribution in [1.29, 1.82) is 0 Å². The number of hydrogen-bond donors (Lipinski definition) is 0. The van der Waals surface area contributed by atoms with Gasteiger partial charge in [0.15, 0.2) is 0 Å². The molecule has 0 radical (unpaired) electrons. The molecule has 1 spiro atoms. The number of aromatic nitrogens is 2. The van der Waals surface area contributed by atoms with Gasteiger partial charge in [-0.3, -0.25) is 9.58 Å². The van der Waals surface area contributed by atoms with Crippen LogP contribution in [0.2, 0.25) is 0 Å². The molecule has 0 N–H and O–H groups in total. The summed E-state index contributed by atoms with van der Waals surface area (Å²) in [7, 11) is 2.02. The Labute approximate surface area is 139 Å². The van der Waals surface area contributed by atoms with Crippen molar-refractivity contribution in [3.63, 3.8) is 0 Å². The smallest absolute Gasteiger partial charge is 0.0638 e. The van der Waals surface area contributed by atoms with Gasteiger partial charge >= 0.3 is 0 Å². The van der Waals surface area contributed by atoms with Crippen LogP contribution in [-0.4, -0.2) is 27.8 Å². The number of hydrogen-bond acceptors (Lipinski definition) is 2. The lowest BCUT2D eigenvalue weighted by atomic mass is 9.73. The summed E-state index contributed by atoms with van der Waals surface area (Å²) in [5.41, 5.74) is 4.61. The van der Waals surface area contributed by atoms with Gasteiger partial charge in [0.2, 0.25) is 0 Å². The van der Waals surface area contributed by atoms with Crippen LogP contribution in [0.1, 0.15) is 48.4 Å². The Morgan fingerprint density at radius 3 is 2.57 bits per heavy atom. The van der Waals surface area contributed by atoms with E-state index in [0.29, 0.717) is 11.3 Å². The molecule has 0 unspecified atom stereocenters. The number of nitrogens with zero attached hydrogens (tertiary/aromatic N) is 3. The minimum absolute atomic E-state index is 0.511. The average molecular weight is 309 g/mol. The third-order valence-corrected chi connectivity index (χ3v) is 6.03. The highest BCUT2D eigenvalue weighted by Crippen LogP contribution is 2.53. The molecule has 0 amide bonds. The van der Waals surface area contributed by atoms with Gasteiger partial charge < -0.3 is 0 Å². The van der Waals surface area contributed by atoms with Gasteiger partial charge in [0.25, 0.3) is 0 Å². The zero-order chi connectivity index (χ0) is 15.9. The van der Waals surface area contributed by atoms with Crippen LogP contribution < -0.4 is 0 Å². The van der Waals surface area contributed by atoms with Crippen LogP contribution in [0.15, 0.2) is 36.5 Å². The predicted molar refractivity (Wildman–Crippen MR) is 93.3 cm³/mol. The summed E-state index contributed by atoms with van der Waals surface area (Å²) < 4.78 is 1.95. The molecule has 3 nitrogen and oxygen atoms in total. The highest BCUT2D eigenvalue weighted by molar-refractivity contribution is 5.26. The Hall–Kier alpha value is -1.61. The molecule has 2 aliphatic rings. The van der Waals surface area contributed by atoms with E-state index in [1.165, 1.54) is 50.0 Å². The monoisotopic (exact) mass is 309 g/mol. The average Bonchev–Trinajstić information content (AvgIpc) is 3.23. The van der Waals surface area contributed by atoms with Crippen LogP contribution in [0.5, 0.6) is 0 Å². The molecule has 3 heteroatoms. The van der Waals surface area contributed by atoms with Crippen molar-refractivity contribution in [2.75, 3.05) is 13.1 Å². The summed E-state index contributed by atoms with van der Waals surface area (Å²) in [5, 5.41) is 4.51. The van der Waals surface area contributed by atoms with Crippen molar-refractivity contribution in [1.82, 2.24) is 14.7 Å². The minimum Gasteiger partial charge on any atom is -0.298 e. The summed E-state index contributed by atoms with van der Waals surface area (Å²) >= 11 is 0. The normalized spacial score (nSPS) is 23.8. The number of rotatable bonds is 3. The van der Waals surface area contributed by atoms with Crippen molar-refractivity contribution in [2.45, 2.75) is 45.1 Å². The van der Waals surface area contributed by atoms with Crippen molar-refractivity contribution >= 4 is 0 Å². The molecular weight excluding hydrogens is 282 g/mol. The first-order chi connectivity index (χ1) is 11.2. The fraction of sp³-hybridized carbons (Fsp3) is 0.550. The fourth-order valence-electron chi connectivity index (χ4n) is 4.97. The molecule has 1 aromatic carbocycles. The van der Waals surface area contributed by atoms with Crippen LogP contribution in [0.4, 0.5) is 0 Å². The molecule has 1 saturated carbocycles. The maximum absolute atomic E-state index is 4.51. The molecule has 1 atom stereocenters. The first-order valence-corrected chi connectivity index (χ1v) is 8.93. The van der Waals surface area contributed by atoms with E-state index in [2.05, 4.69) is 53.5 Å². The first-order valence-electron chi connectivity index (χ1n) is 8.93. The molecule has 4 rings (SSSR count). The van der Waals surface area contributed by atoms with Crippen LogP contribution in [0, 0.1) is 12.3 Å². The predicted octanol–water partition coefficient (Wildman–Crippen LogP) is 3.89. The molecule has 1 aliphatic carbocycles. The molecule has 122 valence electrons. The molecule has 0 bridgehead atoms. The molecule has 1 aliphatic heterocycles. The summed E-state index contributed by atoms with van der Waals surface area (Å²) in [6.07, 6.45) is 7.79. The Kier molecular flexibility index (Phi) is 3.76. The summed E-state index contributed by atoms with van der Waals surface area (Å²) in [4.78, 5) is 2.67. The van der Waals surface area contributed by atoms with Gasteiger partial charge in [-0.05, 0) is 30.7 Å². The van der Waals surface area contributed by atoms with E-state index in [4.69, 9.17) is 0 Å². The quantitative estimate of drug-likeness (QED) is 0.857. The van der Waals surface area contributed by atoms with E-state index in [0.717, 1.165) is 6.54 Å². The van der Waals surface area contributed by atoms with Gasteiger partial charge in [-0.25, -0.2) is 0 Å². The van der Waals surface area contributed by atoms with Crippen molar-refractivity contribution in [2.24, 2.45) is 12.5 Å². The molecule has 1 aromatic heterocycles. The Bertz CT molecular complexity index is 667. The zero-order valence-electron chi connectivity index (χ0n) is 14.3. The van der Waals surface area contributed by atoms with E-state index in [-0.39, 0.29) is 0 Å². The Balaban J connectivity index is 1.59. The summed E-state index contributed by atoms with van der Waals surface area (Å²) in [6, 6.07) is 11.2. The number of benzene rings is 1. The van der Waals surface area contributed by atoms with Gasteiger partial charge in [-0.2, -0.15) is 5.10 Å². The van der Waals surface area contributed by atoms with Crippen LogP contribution in [-0.2, 0) is 13.6 Å². The second kappa shape index (κ2) is 5.79. The van der Waals surface area contributed by atoms with Gasteiger partial charge in [0, 0.05) is 44.4 Å². The largest absolute Gasteiger partial charge is 0.298 e. The highest BCUT2D eigenvalue weighted by atomic mass is 15.3. The van der Waals surface area contributed by atoms with E-state index in [1.54, 1.807) is 5.56 Å². The van der Waals surface area contributed by atoms with Gasteiger partial charge in [0.05, 0.1) is 5.69 Å². The lowest BCUT2D eigenvalue weighted by Gasteiger charge is -2.30. The third kappa shape index (κ3) is 2.72. The topological polar surface area (TPSA) is 21.1 Å². The van der Waals surface area contributed by atoms with Crippen LogP contribution in [0.3, 0.4) is 0 Å². The van der Waals surface area contributed by atoms with Crippen LogP contribution in [0.25, 0.3) is 0 Å². The lowest BCUT2D eigenvalue weighted by Crippen LogP contribution is -2.26. The van der Waals surface area contributed by atoms with Gasteiger partial charge in [0.1, 0.15) is 0 Å². The van der Waals surface area contributed by atoms with Gasteiger partial charge in [-0.1, -0.05) is 43.2 Å². The second-order valence-corrected chi connectivity index (χ2v) is 7.62. The third-order valence-electron chi connectivity index (χ3n) is 6.03. The highest BCUT2D eigenvalue weighted by Gasteiger charge is 2.48. The molecular formula is C20H27N3. The summed E-state index contributed by atoms with van der Waals surface area (Å²) in [6.45, 7) is 5.62. The van der Waals surface area contributed by atoms with Crippen molar-refractivity contribution in [3.05, 3.63) is 53.3 Å². The van der Waals surface area contributed by atoms with E-state index in [9.17, 15) is 0 Å². The van der Waals surface area contributed by atoms with Crippen molar-refractivity contribution in [3.8, 4) is 0 Å². The lowest BCUT2D eigenvalue weighted by molar-refractivity contribution is 0.247. The first kappa shape index (κ1) is 14.9. The molecule has 1 saturated heterocycles. The van der Waals surface area contributed by atoms with E-state index >= 15 is 0 Å². The zero-order valence-corrected chi connectivity index (χ0v) is 14.3. The number of aryl methyl sites for hydroxylation is 2. The molecule has 2 fully saturated rings. The molecule has 23 heavy (non-hydrogen) atoms. The maximum Gasteiger partial charge on any atom is 0.0638 e. The number of likely N-dealkylation sites (tertiary alicyclic amines) is 1. The maximum atomic E-state index is 4.51.